The standard InChI is InChI=1S/C23H21ClN2O5/c1-12(2)31-20-17(24)9-13(10-19(20)30-3)8-14-6-7-26-21(14)25-18-11-15(23(28)29)4-5-16(18)22(26)27/h4-5,8-12H,6-7H2,1-3H3,(H,28,29)/b14-8-. The number of allylic oxidation sites excluding steroid dienone is 1. The van der Waals surface area contributed by atoms with Crippen LogP contribution >= 0.6 is 11.6 Å². The second-order valence-electron chi connectivity index (χ2n) is 7.55. The lowest BCUT2D eigenvalue weighted by Gasteiger charge is -2.15. The highest BCUT2D eigenvalue weighted by molar-refractivity contribution is 6.32. The van der Waals surface area contributed by atoms with Crippen molar-refractivity contribution in [2.45, 2.75) is 32.9 Å². The van der Waals surface area contributed by atoms with Crippen LogP contribution in [0.15, 0.2) is 35.1 Å². The predicted octanol–water partition coefficient (Wildman–Crippen LogP) is 4.49. The molecule has 0 fully saturated rings. The van der Waals surface area contributed by atoms with Crippen LogP contribution in [0.5, 0.6) is 11.5 Å². The van der Waals surface area contributed by atoms with E-state index in [9.17, 15) is 14.7 Å². The zero-order valence-electron chi connectivity index (χ0n) is 17.3. The lowest BCUT2D eigenvalue weighted by Crippen LogP contribution is -2.21. The van der Waals surface area contributed by atoms with Gasteiger partial charge >= 0.3 is 5.97 Å². The van der Waals surface area contributed by atoms with Crippen molar-refractivity contribution in [3.63, 3.8) is 0 Å². The number of carbonyl (C=O) groups is 1. The summed E-state index contributed by atoms with van der Waals surface area (Å²) in [6.07, 6.45) is 2.47. The number of fused-ring (bicyclic) bond motifs is 2. The second-order valence-corrected chi connectivity index (χ2v) is 7.96. The Morgan fingerprint density at radius 2 is 2.06 bits per heavy atom. The zero-order chi connectivity index (χ0) is 22.3. The molecule has 0 unspecified atom stereocenters. The second kappa shape index (κ2) is 8.07. The molecule has 8 heteroatoms. The number of hydrogen-bond donors (Lipinski definition) is 1. The first kappa shape index (κ1) is 20.9. The number of carboxylic acids is 1. The quantitative estimate of drug-likeness (QED) is 0.628. The van der Waals surface area contributed by atoms with Crippen LogP contribution in [0.2, 0.25) is 5.02 Å². The molecule has 1 aromatic heterocycles. The largest absolute Gasteiger partial charge is 0.493 e. The minimum atomic E-state index is -1.06. The molecule has 7 nitrogen and oxygen atoms in total. The molecule has 1 N–H and O–H groups in total. The molecule has 0 saturated carbocycles. The topological polar surface area (TPSA) is 90.7 Å². The number of nitrogens with zero attached hydrogens (tertiary/aromatic N) is 2. The van der Waals surface area contributed by atoms with Gasteiger partial charge in [0.2, 0.25) is 0 Å². The molecule has 2 heterocycles. The molecular formula is C23H21ClN2O5. The van der Waals surface area contributed by atoms with Gasteiger partial charge in [-0.05, 0) is 67.8 Å². The summed E-state index contributed by atoms with van der Waals surface area (Å²) in [5.74, 6) is 0.457. The van der Waals surface area contributed by atoms with Gasteiger partial charge in [-0.3, -0.25) is 9.36 Å². The van der Waals surface area contributed by atoms with E-state index in [1.165, 1.54) is 18.2 Å². The summed E-state index contributed by atoms with van der Waals surface area (Å²) in [7, 11) is 1.55. The molecular weight excluding hydrogens is 420 g/mol. The maximum absolute atomic E-state index is 12.9. The Kier molecular flexibility index (Phi) is 5.45. The van der Waals surface area contributed by atoms with Crippen LogP contribution < -0.4 is 15.0 Å². The molecule has 0 saturated heterocycles. The van der Waals surface area contributed by atoms with Crippen LogP contribution in [0.1, 0.15) is 42.0 Å². The van der Waals surface area contributed by atoms with Crippen LogP contribution in [-0.2, 0) is 6.54 Å². The maximum Gasteiger partial charge on any atom is 0.335 e. The highest BCUT2D eigenvalue weighted by Gasteiger charge is 2.22. The Morgan fingerprint density at radius 3 is 2.74 bits per heavy atom. The van der Waals surface area contributed by atoms with E-state index in [-0.39, 0.29) is 17.2 Å². The Labute approximate surface area is 183 Å². The monoisotopic (exact) mass is 440 g/mol. The lowest BCUT2D eigenvalue weighted by molar-refractivity contribution is 0.0697. The van der Waals surface area contributed by atoms with Crippen LogP contribution in [0, 0.1) is 0 Å². The average Bonchev–Trinajstić information content (AvgIpc) is 3.12. The van der Waals surface area contributed by atoms with Gasteiger partial charge < -0.3 is 14.6 Å². The third-order valence-electron chi connectivity index (χ3n) is 5.04. The summed E-state index contributed by atoms with van der Waals surface area (Å²) in [6.45, 7) is 4.32. The highest BCUT2D eigenvalue weighted by atomic mass is 35.5. The number of rotatable bonds is 5. The molecule has 0 atom stereocenters. The summed E-state index contributed by atoms with van der Waals surface area (Å²) in [5.41, 5.74) is 1.91. The van der Waals surface area contributed by atoms with E-state index >= 15 is 0 Å². The van der Waals surface area contributed by atoms with E-state index in [1.807, 2.05) is 26.0 Å². The third kappa shape index (κ3) is 3.88. The summed E-state index contributed by atoms with van der Waals surface area (Å²) in [4.78, 5) is 28.8. The van der Waals surface area contributed by atoms with Crippen molar-refractivity contribution in [2.24, 2.45) is 0 Å². The van der Waals surface area contributed by atoms with E-state index in [2.05, 4.69) is 4.98 Å². The minimum Gasteiger partial charge on any atom is -0.493 e. The van der Waals surface area contributed by atoms with Crippen LogP contribution in [0.3, 0.4) is 0 Å². The van der Waals surface area contributed by atoms with E-state index in [0.29, 0.717) is 46.2 Å². The van der Waals surface area contributed by atoms with Crippen molar-refractivity contribution >= 4 is 40.1 Å². The average molecular weight is 441 g/mol. The van der Waals surface area contributed by atoms with Gasteiger partial charge in [-0.25, -0.2) is 9.78 Å². The van der Waals surface area contributed by atoms with Crippen molar-refractivity contribution in [3.05, 3.63) is 62.7 Å². The Morgan fingerprint density at radius 1 is 1.29 bits per heavy atom. The Bertz CT molecular complexity index is 1290. The van der Waals surface area contributed by atoms with Crippen molar-refractivity contribution in [1.82, 2.24) is 9.55 Å². The minimum absolute atomic E-state index is 0.0580. The number of hydrogen-bond acceptors (Lipinski definition) is 5. The molecule has 31 heavy (non-hydrogen) atoms. The smallest absolute Gasteiger partial charge is 0.335 e. The molecule has 160 valence electrons. The van der Waals surface area contributed by atoms with Crippen molar-refractivity contribution in [1.29, 1.82) is 0 Å². The summed E-state index contributed by atoms with van der Waals surface area (Å²) in [5, 5.41) is 10.1. The molecule has 0 spiro atoms. The van der Waals surface area contributed by atoms with Gasteiger partial charge in [0, 0.05) is 6.54 Å². The SMILES string of the molecule is COc1cc(/C=C2/CCn3c2nc2cc(C(=O)O)ccc2c3=O)cc(Cl)c1OC(C)C. The number of aromatic carboxylic acids is 1. The molecule has 4 rings (SSSR count). The van der Waals surface area contributed by atoms with Gasteiger partial charge in [0.25, 0.3) is 5.56 Å². The van der Waals surface area contributed by atoms with Crippen molar-refractivity contribution in [2.75, 3.05) is 7.11 Å². The maximum atomic E-state index is 12.9. The normalized spacial score (nSPS) is 14.3. The fourth-order valence-corrected chi connectivity index (χ4v) is 3.93. The number of aromatic nitrogens is 2. The molecule has 0 aliphatic carbocycles. The van der Waals surface area contributed by atoms with Gasteiger partial charge in [-0.15, -0.1) is 0 Å². The summed E-state index contributed by atoms with van der Waals surface area (Å²) >= 11 is 6.43. The fraction of sp³-hybridized carbons (Fsp3) is 0.261. The number of methoxy groups -OCH3 is 1. The van der Waals surface area contributed by atoms with Gasteiger partial charge in [0.1, 0.15) is 5.82 Å². The van der Waals surface area contributed by atoms with E-state index in [0.717, 1.165) is 11.1 Å². The van der Waals surface area contributed by atoms with Gasteiger partial charge in [-0.1, -0.05) is 11.6 Å². The van der Waals surface area contributed by atoms with Crippen LogP contribution in [0.4, 0.5) is 0 Å². The molecule has 1 aliphatic rings. The zero-order valence-corrected chi connectivity index (χ0v) is 18.1. The van der Waals surface area contributed by atoms with E-state index in [4.69, 9.17) is 21.1 Å². The third-order valence-corrected chi connectivity index (χ3v) is 5.32. The summed E-state index contributed by atoms with van der Waals surface area (Å²) < 4.78 is 12.8. The van der Waals surface area contributed by atoms with E-state index in [1.54, 1.807) is 17.7 Å². The van der Waals surface area contributed by atoms with Crippen molar-refractivity contribution < 1.29 is 19.4 Å². The first-order valence-corrected chi connectivity index (χ1v) is 10.2. The highest BCUT2D eigenvalue weighted by Crippen LogP contribution is 2.38. The predicted molar refractivity (Wildman–Crippen MR) is 119 cm³/mol. The molecule has 1 aliphatic heterocycles. The number of carboxylic acid groups (broad SMARTS) is 1. The number of halogens is 1. The molecule has 0 bridgehead atoms. The Hall–Kier alpha value is -3.32. The molecule has 0 radical (unpaired) electrons. The van der Waals surface area contributed by atoms with Crippen LogP contribution in [0.25, 0.3) is 22.6 Å². The molecule has 2 aromatic carbocycles. The summed E-state index contributed by atoms with van der Waals surface area (Å²) in [6, 6.07) is 7.95. The van der Waals surface area contributed by atoms with Gasteiger partial charge in [-0.2, -0.15) is 0 Å². The molecule has 3 aromatic rings. The fourth-order valence-electron chi connectivity index (χ4n) is 3.66. The van der Waals surface area contributed by atoms with Crippen molar-refractivity contribution in [3.8, 4) is 11.5 Å². The van der Waals surface area contributed by atoms with Gasteiger partial charge in [0.15, 0.2) is 11.5 Å². The lowest BCUT2D eigenvalue weighted by atomic mass is 10.1. The van der Waals surface area contributed by atoms with Crippen LogP contribution in [-0.4, -0.2) is 33.8 Å². The van der Waals surface area contributed by atoms with E-state index < -0.39 is 5.97 Å². The Balaban J connectivity index is 1.82. The first-order valence-electron chi connectivity index (χ1n) is 9.81. The molecule has 0 amide bonds. The number of benzene rings is 2. The van der Waals surface area contributed by atoms with Gasteiger partial charge in [0.05, 0.1) is 34.7 Å². The number of ether oxygens (including phenoxy) is 2. The first-order chi connectivity index (χ1) is 14.8.